The molecule has 0 unspecified atom stereocenters. The van der Waals surface area contributed by atoms with Crippen LogP contribution in [0.3, 0.4) is 0 Å². The second-order valence-corrected chi connectivity index (χ2v) is 5.96. The van der Waals surface area contributed by atoms with Crippen molar-refractivity contribution in [2.75, 3.05) is 6.54 Å². The Balaban J connectivity index is 1.66. The molecule has 1 aliphatic carbocycles. The monoisotopic (exact) mass is 304 g/mol. The Bertz CT molecular complexity index is 522. The van der Waals surface area contributed by atoms with Crippen LogP contribution in [0.25, 0.3) is 0 Å². The first-order chi connectivity index (χ1) is 10.6. The van der Waals surface area contributed by atoms with E-state index in [2.05, 4.69) is 29.7 Å². The molecule has 2 rings (SSSR count). The second kappa shape index (κ2) is 7.82. The Hall–Kier alpha value is -2.04. The van der Waals surface area contributed by atoms with E-state index in [1.807, 2.05) is 12.1 Å². The highest BCUT2D eigenvalue weighted by Gasteiger charge is 2.26. The molecule has 1 aliphatic rings. The largest absolute Gasteiger partial charge is 0.481 e. The molecule has 120 valence electrons. The Morgan fingerprint density at radius 1 is 1.18 bits per heavy atom. The summed E-state index contributed by atoms with van der Waals surface area (Å²) in [6.07, 6.45) is 3.57. The standard InChI is InChI=1S/C17H24N2O3/c1-12-4-2-3-5-13(12)10-11-18-17(22)19-15-8-6-14(7-9-15)16(20)21/h2-5,14-15H,6-11H2,1H3,(H,20,21)(H2,18,19,22). The third-order valence-electron chi connectivity index (χ3n) is 4.35. The molecular weight excluding hydrogens is 280 g/mol. The van der Waals surface area contributed by atoms with Crippen molar-refractivity contribution in [3.8, 4) is 0 Å². The van der Waals surface area contributed by atoms with Gasteiger partial charge in [0.25, 0.3) is 0 Å². The lowest BCUT2D eigenvalue weighted by molar-refractivity contribution is -0.142. The highest BCUT2D eigenvalue weighted by Crippen LogP contribution is 2.24. The maximum Gasteiger partial charge on any atom is 0.315 e. The van der Waals surface area contributed by atoms with Gasteiger partial charge in [-0.05, 0) is 50.2 Å². The fourth-order valence-electron chi connectivity index (χ4n) is 2.92. The van der Waals surface area contributed by atoms with Gasteiger partial charge >= 0.3 is 12.0 Å². The summed E-state index contributed by atoms with van der Waals surface area (Å²) in [5, 5.41) is 14.8. The molecule has 22 heavy (non-hydrogen) atoms. The molecule has 1 saturated carbocycles. The van der Waals surface area contributed by atoms with Crippen molar-refractivity contribution in [1.82, 2.24) is 10.6 Å². The number of hydrogen-bond donors (Lipinski definition) is 3. The van der Waals surface area contributed by atoms with Crippen LogP contribution in [-0.2, 0) is 11.2 Å². The Labute approximate surface area is 131 Å². The number of carboxylic acids is 1. The Morgan fingerprint density at radius 3 is 2.50 bits per heavy atom. The zero-order valence-corrected chi connectivity index (χ0v) is 13.0. The summed E-state index contributed by atoms with van der Waals surface area (Å²) in [5.74, 6) is -0.969. The van der Waals surface area contributed by atoms with Crippen LogP contribution in [-0.4, -0.2) is 29.7 Å². The van der Waals surface area contributed by atoms with Crippen molar-refractivity contribution in [1.29, 1.82) is 0 Å². The van der Waals surface area contributed by atoms with Gasteiger partial charge in [-0.2, -0.15) is 0 Å². The van der Waals surface area contributed by atoms with E-state index in [4.69, 9.17) is 5.11 Å². The van der Waals surface area contributed by atoms with Crippen LogP contribution < -0.4 is 10.6 Å². The quantitative estimate of drug-likeness (QED) is 0.782. The zero-order valence-electron chi connectivity index (χ0n) is 13.0. The van der Waals surface area contributed by atoms with Crippen LogP contribution in [0.1, 0.15) is 36.8 Å². The third-order valence-corrected chi connectivity index (χ3v) is 4.35. The first kappa shape index (κ1) is 16.3. The zero-order chi connectivity index (χ0) is 15.9. The van der Waals surface area contributed by atoms with Crippen molar-refractivity contribution in [2.45, 2.75) is 45.1 Å². The highest BCUT2D eigenvalue weighted by molar-refractivity contribution is 5.74. The number of hydrogen-bond acceptors (Lipinski definition) is 2. The lowest BCUT2D eigenvalue weighted by atomic mass is 9.86. The van der Waals surface area contributed by atoms with Gasteiger partial charge < -0.3 is 15.7 Å². The van der Waals surface area contributed by atoms with Gasteiger partial charge in [-0.3, -0.25) is 4.79 Å². The minimum absolute atomic E-state index is 0.0917. The molecule has 0 radical (unpaired) electrons. The molecule has 0 bridgehead atoms. The molecule has 3 N–H and O–H groups in total. The van der Waals surface area contributed by atoms with Gasteiger partial charge in [-0.25, -0.2) is 4.79 Å². The average molecular weight is 304 g/mol. The van der Waals surface area contributed by atoms with Crippen molar-refractivity contribution < 1.29 is 14.7 Å². The maximum absolute atomic E-state index is 11.9. The van der Waals surface area contributed by atoms with Gasteiger partial charge in [0.05, 0.1) is 5.92 Å². The number of benzene rings is 1. The van der Waals surface area contributed by atoms with E-state index in [0.29, 0.717) is 19.4 Å². The number of aryl methyl sites for hydroxylation is 1. The molecule has 1 aromatic carbocycles. The molecule has 0 aliphatic heterocycles. The summed E-state index contributed by atoms with van der Waals surface area (Å²) in [5.41, 5.74) is 2.47. The molecule has 0 aromatic heterocycles. The fourth-order valence-corrected chi connectivity index (χ4v) is 2.92. The van der Waals surface area contributed by atoms with E-state index in [0.717, 1.165) is 19.3 Å². The molecular formula is C17H24N2O3. The number of urea groups is 1. The summed E-state index contributed by atoms with van der Waals surface area (Å²) in [7, 11) is 0. The summed E-state index contributed by atoms with van der Waals surface area (Å²) in [4.78, 5) is 22.8. The minimum Gasteiger partial charge on any atom is -0.481 e. The molecule has 0 heterocycles. The van der Waals surface area contributed by atoms with Gasteiger partial charge in [0, 0.05) is 12.6 Å². The molecule has 1 fully saturated rings. The number of carboxylic acid groups (broad SMARTS) is 1. The minimum atomic E-state index is -0.721. The summed E-state index contributed by atoms with van der Waals surface area (Å²) < 4.78 is 0. The van der Waals surface area contributed by atoms with Crippen molar-refractivity contribution >= 4 is 12.0 Å². The van der Waals surface area contributed by atoms with Crippen LogP contribution in [0.5, 0.6) is 0 Å². The smallest absolute Gasteiger partial charge is 0.315 e. The Morgan fingerprint density at radius 2 is 1.86 bits per heavy atom. The van der Waals surface area contributed by atoms with Crippen LogP contribution in [0.15, 0.2) is 24.3 Å². The number of aliphatic carboxylic acids is 1. The van der Waals surface area contributed by atoms with E-state index in [1.165, 1.54) is 11.1 Å². The molecule has 5 heteroatoms. The maximum atomic E-state index is 11.9. The number of carbonyl (C=O) groups is 2. The van der Waals surface area contributed by atoms with Crippen LogP contribution in [0.2, 0.25) is 0 Å². The number of carbonyl (C=O) groups excluding carboxylic acids is 1. The fraction of sp³-hybridized carbons (Fsp3) is 0.529. The number of amides is 2. The molecule has 2 amide bonds. The summed E-state index contributed by atoms with van der Waals surface area (Å²) in [6.45, 7) is 2.66. The van der Waals surface area contributed by atoms with E-state index in [1.54, 1.807) is 0 Å². The number of nitrogens with one attached hydrogen (secondary N) is 2. The Kier molecular flexibility index (Phi) is 5.81. The summed E-state index contributed by atoms with van der Waals surface area (Å²) in [6, 6.07) is 8.08. The predicted octanol–water partition coefficient (Wildman–Crippen LogP) is 2.48. The van der Waals surface area contributed by atoms with Crippen molar-refractivity contribution in [3.05, 3.63) is 35.4 Å². The molecule has 0 spiro atoms. The summed E-state index contributed by atoms with van der Waals surface area (Å²) >= 11 is 0. The van der Waals surface area contributed by atoms with Crippen LogP contribution in [0, 0.1) is 12.8 Å². The van der Waals surface area contributed by atoms with Gasteiger partial charge in [0.15, 0.2) is 0 Å². The molecule has 5 nitrogen and oxygen atoms in total. The lowest BCUT2D eigenvalue weighted by Crippen LogP contribution is -2.44. The van der Waals surface area contributed by atoms with Crippen LogP contribution >= 0.6 is 0 Å². The van der Waals surface area contributed by atoms with Gasteiger partial charge in [0.1, 0.15) is 0 Å². The molecule has 0 atom stereocenters. The predicted molar refractivity (Wildman–Crippen MR) is 84.8 cm³/mol. The highest BCUT2D eigenvalue weighted by atomic mass is 16.4. The normalized spacial score (nSPS) is 21.1. The SMILES string of the molecule is Cc1ccccc1CCNC(=O)NC1CCC(C(=O)O)CC1. The van der Waals surface area contributed by atoms with E-state index in [-0.39, 0.29) is 18.0 Å². The van der Waals surface area contributed by atoms with Gasteiger partial charge in [0.2, 0.25) is 0 Å². The van der Waals surface area contributed by atoms with Crippen molar-refractivity contribution in [3.63, 3.8) is 0 Å². The third kappa shape index (κ3) is 4.76. The molecule has 0 saturated heterocycles. The van der Waals surface area contributed by atoms with Gasteiger partial charge in [-0.15, -0.1) is 0 Å². The van der Waals surface area contributed by atoms with E-state index >= 15 is 0 Å². The van der Waals surface area contributed by atoms with E-state index < -0.39 is 5.97 Å². The second-order valence-electron chi connectivity index (χ2n) is 5.96. The number of rotatable bonds is 5. The lowest BCUT2D eigenvalue weighted by Gasteiger charge is -2.26. The van der Waals surface area contributed by atoms with E-state index in [9.17, 15) is 9.59 Å². The molecule has 1 aromatic rings. The topological polar surface area (TPSA) is 78.4 Å². The van der Waals surface area contributed by atoms with Crippen LogP contribution in [0.4, 0.5) is 4.79 Å². The first-order valence-electron chi connectivity index (χ1n) is 7.88. The van der Waals surface area contributed by atoms with Crippen molar-refractivity contribution in [2.24, 2.45) is 5.92 Å². The average Bonchev–Trinajstić information content (AvgIpc) is 2.50. The van der Waals surface area contributed by atoms with Gasteiger partial charge in [-0.1, -0.05) is 24.3 Å². The first-order valence-corrected chi connectivity index (χ1v) is 7.88.